The number of carboxylic acid groups (broad SMARTS) is 1. The molecule has 0 bridgehead atoms. The fourth-order valence-electron chi connectivity index (χ4n) is 1.65. The summed E-state index contributed by atoms with van der Waals surface area (Å²) >= 11 is 0. The topological polar surface area (TPSA) is 119 Å². The van der Waals surface area contributed by atoms with Crippen LogP contribution in [0.3, 0.4) is 0 Å². The summed E-state index contributed by atoms with van der Waals surface area (Å²) in [6.45, 7) is -1.67. The zero-order chi connectivity index (χ0) is 18.3. The number of amides is 1. The molecule has 132 valence electrons. The smallest absolute Gasteiger partial charge is 0.422 e. The fraction of sp³-hybridized carbons (Fsp3) is 0.385. The number of hydrogen-bond donors (Lipinski definition) is 2. The van der Waals surface area contributed by atoms with Gasteiger partial charge in [-0.3, -0.25) is 19.7 Å². The predicted molar refractivity (Wildman–Crippen MR) is 73.8 cm³/mol. The maximum Gasteiger partial charge on any atom is 0.422 e. The molecule has 0 aliphatic carbocycles. The molecule has 1 aromatic rings. The molecule has 0 saturated carbocycles. The highest BCUT2D eigenvalue weighted by molar-refractivity contribution is 5.98. The molecule has 0 saturated heterocycles. The molecule has 0 spiro atoms. The van der Waals surface area contributed by atoms with Crippen molar-refractivity contribution >= 4 is 17.6 Å². The van der Waals surface area contributed by atoms with Gasteiger partial charge in [0, 0.05) is 19.0 Å². The number of nitrogens with zero attached hydrogens (tertiary/aromatic N) is 1. The van der Waals surface area contributed by atoms with E-state index in [1.54, 1.807) is 0 Å². The van der Waals surface area contributed by atoms with Gasteiger partial charge < -0.3 is 15.2 Å². The molecule has 24 heavy (non-hydrogen) atoms. The summed E-state index contributed by atoms with van der Waals surface area (Å²) in [6.07, 6.45) is -4.71. The van der Waals surface area contributed by atoms with E-state index in [1.165, 1.54) is 0 Å². The van der Waals surface area contributed by atoms with E-state index in [2.05, 4.69) is 10.1 Å². The van der Waals surface area contributed by atoms with Crippen LogP contribution in [0.25, 0.3) is 0 Å². The van der Waals surface area contributed by atoms with Crippen molar-refractivity contribution in [3.05, 3.63) is 33.9 Å². The van der Waals surface area contributed by atoms with Crippen LogP contribution < -0.4 is 10.1 Å². The number of halogens is 3. The van der Waals surface area contributed by atoms with Crippen LogP contribution in [0.4, 0.5) is 18.9 Å². The summed E-state index contributed by atoms with van der Waals surface area (Å²) in [4.78, 5) is 32.3. The molecule has 2 N–H and O–H groups in total. The lowest BCUT2D eigenvalue weighted by molar-refractivity contribution is -0.385. The van der Waals surface area contributed by atoms with Crippen LogP contribution in [-0.2, 0) is 4.79 Å². The van der Waals surface area contributed by atoms with Gasteiger partial charge in [0.15, 0.2) is 6.61 Å². The van der Waals surface area contributed by atoms with E-state index in [-0.39, 0.29) is 25.1 Å². The number of carbonyl (C=O) groups is 2. The highest BCUT2D eigenvalue weighted by atomic mass is 19.4. The van der Waals surface area contributed by atoms with E-state index in [1.807, 2.05) is 0 Å². The lowest BCUT2D eigenvalue weighted by Crippen LogP contribution is -2.26. The Kier molecular flexibility index (Phi) is 6.50. The fourth-order valence-corrected chi connectivity index (χ4v) is 1.65. The maximum atomic E-state index is 12.1. The molecule has 0 aliphatic rings. The number of nitro benzene ring substituents is 1. The highest BCUT2D eigenvalue weighted by Gasteiger charge is 2.29. The molecule has 1 aromatic carbocycles. The van der Waals surface area contributed by atoms with Crippen LogP contribution in [0.15, 0.2) is 18.2 Å². The zero-order valence-corrected chi connectivity index (χ0v) is 12.1. The van der Waals surface area contributed by atoms with E-state index in [0.29, 0.717) is 0 Å². The lowest BCUT2D eigenvalue weighted by atomic mass is 10.1. The molecular formula is C13H13F3N2O6. The summed E-state index contributed by atoms with van der Waals surface area (Å²) in [7, 11) is 0. The van der Waals surface area contributed by atoms with E-state index in [9.17, 15) is 32.9 Å². The van der Waals surface area contributed by atoms with Crippen molar-refractivity contribution in [2.24, 2.45) is 0 Å². The van der Waals surface area contributed by atoms with Gasteiger partial charge in [-0.25, -0.2) is 0 Å². The molecule has 0 atom stereocenters. The maximum absolute atomic E-state index is 12.1. The minimum atomic E-state index is -4.60. The summed E-state index contributed by atoms with van der Waals surface area (Å²) < 4.78 is 40.8. The molecule has 0 aliphatic heterocycles. The minimum absolute atomic E-state index is 0.0596. The minimum Gasteiger partial charge on any atom is -0.484 e. The molecule has 0 radical (unpaired) electrons. The average Bonchev–Trinajstić information content (AvgIpc) is 2.48. The average molecular weight is 350 g/mol. The van der Waals surface area contributed by atoms with Crippen LogP contribution in [-0.4, -0.2) is 41.2 Å². The number of alkyl halides is 3. The second-order valence-corrected chi connectivity index (χ2v) is 4.59. The Morgan fingerprint density at radius 3 is 2.54 bits per heavy atom. The Hall–Kier alpha value is -2.85. The summed E-state index contributed by atoms with van der Waals surface area (Å²) in [5, 5.41) is 21.6. The standard InChI is InChI=1S/C13H13F3N2O6/c14-13(15,16)7-24-8-3-4-10(18(22)23)9(6-8)12(21)17-5-1-2-11(19)20/h3-4,6H,1-2,5,7H2,(H,17,21)(H,19,20). The molecule has 0 aromatic heterocycles. The lowest BCUT2D eigenvalue weighted by Gasteiger charge is -2.11. The number of ether oxygens (including phenoxy) is 1. The third kappa shape index (κ3) is 6.50. The van der Waals surface area contributed by atoms with E-state index >= 15 is 0 Å². The van der Waals surface area contributed by atoms with Crippen molar-refractivity contribution in [1.29, 1.82) is 0 Å². The highest BCUT2D eigenvalue weighted by Crippen LogP contribution is 2.25. The number of benzene rings is 1. The summed E-state index contributed by atoms with van der Waals surface area (Å²) in [5.41, 5.74) is -1.08. The Morgan fingerprint density at radius 2 is 2.00 bits per heavy atom. The molecule has 11 heteroatoms. The first kappa shape index (κ1) is 19.2. The van der Waals surface area contributed by atoms with Gasteiger partial charge in [0.25, 0.3) is 11.6 Å². The van der Waals surface area contributed by atoms with Crippen molar-refractivity contribution in [2.45, 2.75) is 19.0 Å². The van der Waals surface area contributed by atoms with Gasteiger partial charge in [0.1, 0.15) is 11.3 Å². The quantitative estimate of drug-likeness (QED) is 0.421. The predicted octanol–water partition coefficient (Wildman–Crippen LogP) is 2.13. The molecular weight excluding hydrogens is 337 g/mol. The van der Waals surface area contributed by atoms with Gasteiger partial charge in [-0.05, 0) is 18.6 Å². The van der Waals surface area contributed by atoms with Crippen molar-refractivity contribution in [1.82, 2.24) is 5.32 Å². The van der Waals surface area contributed by atoms with Crippen molar-refractivity contribution in [2.75, 3.05) is 13.2 Å². The van der Waals surface area contributed by atoms with Gasteiger partial charge in [-0.15, -0.1) is 0 Å². The Morgan fingerprint density at radius 1 is 1.33 bits per heavy atom. The van der Waals surface area contributed by atoms with Crippen LogP contribution in [0.1, 0.15) is 23.2 Å². The monoisotopic (exact) mass is 350 g/mol. The third-order valence-electron chi connectivity index (χ3n) is 2.66. The summed E-state index contributed by atoms with van der Waals surface area (Å²) in [6, 6.07) is 2.64. The van der Waals surface area contributed by atoms with Crippen LogP contribution in [0.5, 0.6) is 5.75 Å². The van der Waals surface area contributed by atoms with Crippen LogP contribution in [0, 0.1) is 10.1 Å². The Labute approximate surface area is 133 Å². The number of carboxylic acids is 1. The van der Waals surface area contributed by atoms with Crippen molar-refractivity contribution in [3.8, 4) is 5.75 Å². The molecule has 8 nitrogen and oxygen atoms in total. The number of aliphatic carboxylic acids is 1. The normalized spacial score (nSPS) is 11.0. The van der Waals surface area contributed by atoms with Gasteiger partial charge in [-0.2, -0.15) is 13.2 Å². The second kappa shape index (κ2) is 8.13. The number of nitro groups is 1. The van der Waals surface area contributed by atoms with Crippen molar-refractivity contribution < 1.29 is 37.5 Å². The van der Waals surface area contributed by atoms with Gasteiger partial charge in [0.2, 0.25) is 0 Å². The molecule has 0 unspecified atom stereocenters. The van der Waals surface area contributed by atoms with Gasteiger partial charge in [0.05, 0.1) is 4.92 Å². The first-order valence-electron chi connectivity index (χ1n) is 6.58. The number of nitrogens with one attached hydrogen (secondary N) is 1. The van der Waals surface area contributed by atoms with Gasteiger partial charge >= 0.3 is 12.1 Å². The van der Waals surface area contributed by atoms with E-state index < -0.39 is 40.8 Å². The third-order valence-corrected chi connectivity index (χ3v) is 2.66. The Balaban J connectivity index is 2.86. The number of hydrogen-bond acceptors (Lipinski definition) is 5. The molecule has 1 rings (SSSR count). The molecule has 0 fully saturated rings. The van der Waals surface area contributed by atoms with E-state index in [4.69, 9.17) is 5.11 Å². The second-order valence-electron chi connectivity index (χ2n) is 4.59. The van der Waals surface area contributed by atoms with Crippen molar-refractivity contribution in [3.63, 3.8) is 0 Å². The van der Waals surface area contributed by atoms with Gasteiger partial charge in [-0.1, -0.05) is 0 Å². The first-order chi connectivity index (χ1) is 11.1. The zero-order valence-electron chi connectivity index (χ0n) is 12.1. The Bertz CT molecular complexity index is 633. The van der Waals surface area contributed by atoms with E-state index in [0.717, 1.165) is 18.2 Å². The SMILES string of the molecule is O=C(O)CCCNC(=O)c1cc(OCC(F)(F)F)ccc1[N+](=O)[O-]. The molecule has 0 heterocycles. The largest absolute Gasteiger partial charge is 0.484 e. The van der Waals surface area contributed by atoms with Crippen LogP contribution in [0.2, 0.25) is 0 Å². The summed E-state index contributed by atoms with van der Waals surface area (Å²) in [5.74, 6) is -2.34. The number of carbonyl (C=O) groups excluding carboxylic acids is 1. The first-order valence-corrected chi connectivity index (χ1v) is 6.58. The van der Waals surface area contributed by atoms with Crippen LogP contribution >= 0.6 is 0 Å². The number of rotatable bonds is 8. The molecule has 1 amide bonds.